The molecule has 0 atom stereocenters. The van der Waals surface area contributed by atoms with Gasteiger partial charge >= 0.3 is 0 Å². The first-order chi connectivity index (χ1) is 8.65. The highest BCUT2D eigenvalue weighted by Gasteiger charge is 2.09. The van der Waals surface area contributed by atoms with E-state index in [0.29, 0.717) is 18.0 Å². The molecule has 2 amide bonds. The number of amides is 2. The van der Waals surface area contributed by atoms with Gasteiger partial charge in [-0.1, -0.05) is 19.4 Å². The molecule has 0 aromatic carbocycles. The number of rotatable bonds is 7. The van der Waals surface area contributed by atoms with E-state index in [1.54, 1.807) is 17.9 Å². The summed E-state index contributed by atoms with van der Waals surface area (Å²) in [6, 6.07) is 3.64. The normalized spacial score (nSPS) is 10.1. The molecule has 1 aromatic heterocycles. The van der Waals surface area contributed by atoms with Crippen molar-refractivity contribution >= 4 is 23.2 Å². The lowest BCUT2D eigenvalue weighted by molar-refractivity contribution is -0.128. The molecule has 5 heteroatoms. The van der Waals surface area contributed by atoms with Gasteiger partial charge in [0, 0.05) is 26.6 Å². The number of carbonyl (C=O) groups is 2. The number of nitrogens with one attached hydrogen (secondary N) is 1. The first-order valence-corrected chi connectivity index (χ1v) is 7.10. The topological polar surface area (TPSA) is 49.4 Å². The van der Waals surface area contributed by atoms with Crippen molar-refractivity contribution in [2.75, 3.05) is 19.6 Å². The summed E-state index contributed by atoms with van der Waals surface area (Å²) in [5.41, 5.74) is 0. The summed E-state index contributed by atoms with van der Waals surface area (Å²) in [6.45, 7) is 5.50. The summed E-state index contributed by atoms with van der Waals surface area (Å²) in [5.74, 6) is -0.00202. The van der Waals surface area contributed by atoms with Crippen LogP contribution in [0.1, 0.15) is 36.4 Å². The standard InChI is InChI=1S/C13H20N2O2S/c1-3-4-8-15(11(2)16)9-7-14-13(17)12-6-5-10-18-12/h5-6,10H,3-4,7-9H2,1-2H3,(H,14,17). The van der Waals surface area contributed by atoms with Crippen LogP contribution in [0.15, 0.2) is 17.5 Å². The van der Waals surface area contributed by atoms with E-state index >= 15 is 0 Å². The third-order valence-electron chi connectivity index (χ3n) is 2.64. The predicted molar refractivity (Wildman–Crippen MR) is 73.8 cm³/mol. The van der Waals surface area contributed by atoms with Crippen LogP contribution in [-0.2, 0) is 4.79 Å². The fraction of sp³-hybridized carbons (Fsp3) is 0.538. The maximum absolute atomic E-state index is 11.7. The van der Waals surface area contributed by atoms with Crippen LogP contribution in [-0.4, -0.2) is 36.3 Å². The molecule has 0 spiro atoms. The van der Waals surface area contributed by atoms with Crippen LogP contribution in [0.3, 0.4) is 0 Å². The zero-order valence-corrected chi connectivity index (χ0v) is 11.8. The molecule has 0 aliphatic heterocycles. The molecule has 0 radical (unpaired) electrons. The van der Waals surface area contributed by atoms with Gasteiger partial charge in [0.2, 0.25) is 5.91 Å². The molecule has 0 aliphatic carbocycles. The summed E-state index contributed by atoms with van der Waals surface area (Å²) in [7, 11) is 0. The van der Waals surface area contributed by atoms with Crippen LogP contribution in [0.25, 0.3) is 0 Å². The Kier molecular flexibility index (Phi) is 6.43. The van der Waals surface area contributed by atoms with Gasteiger partial charge in [-0.2, -0.15) is 0 Å². The Morgan fingerprint density at radius 3 is 2.72 bits per heavy atom. The minimum absolute atomic E-state index is 0.0637. The molecule has 1 heterocycles. The lowest BCUT2D eigenvalue weighted by Crippen LogP contribution is -2.37. The highest BCUT2D eigenvalue weighted by molar-refractivity contribution is 7.12. The van der Waals surface area contributed by atoms with Crippen LogP contribution in [0.2, 0.25) is 0 Å². The van der Waals surface area contributed by atoms with Gasteiger partial charge in [0.15, 0.2) is 0 Å². The maximum Gasteiger partial charge on any atom is 0.261 e. The van der Waals surface area contributed by atoms with Crippen molar-refractivity contribution in [3.63, 3.8) is 0 Å². The summed E-state index contributed by atoms with van der Waals surface area (Å²) in [6.07, 6.45) is 2.06. The summed E-state index contributed by atoms with van der Waals surface area (Å²) < 4.78 is 0. The van der Waals surface area contributed by atoms with E-state index in [0.717, 1.165) is 19.4 Å². The predicted octanol–water partition coefficient (Wildman–Crippen LogP) is 2.13. The Hall–Kier alpha value is -1.36. The van der Waals surface area contributed by atoms with E-state index in [-0.39, 0.29) is 11.8 Å². The molecular weight excluding hydrogens is 248 g/mol. The molecule has 0 aliphatic rings. The molecule has 0 saturated carbocycles. The van der Waals surface area contributed by atoms with E-state index < -0.39 is 0 Å². The first kappa shape index (κ1) is 14.7. The third kappa shape index (κ3) is 4.87. The highest BCUT2D eigenvalue weighted by Crippen LogP contribution is 2.07. The SMILES string of the molecule is CCCCN(CCNC(=O)c1cccs1)C(C)=O. The lowest BCUT2D eigenvalue weighted by Gasteiger charge is -2.20. The summed E-state index contributed by atoms with van der Waals surface area (Å²) in [5, 5.41) is 4.70. The van der Waals surface area contributed by atoms with Crippen LogP contribution in [0.5, 0.6) is 0 Å². The molecular formula is C13H20N2O2S. The van der Waals surface area contributed by atoms with Crippen molar-refractivity contribution in [1.29, 1.82) is 0 Å². The monoisotopic (exact) mass is 268 g/mol. The second kappa shape index (κ2) is 7.87. The van der Waals surface area contributed by atoms with Crippen LogP contribution in [0.4, 0.5) is 0 Å². The van der Waals surface area contributed by atoms with Crippen molar-refractivity contribution in [3.8, 4) is 0 Å². The van der Waals surface area contributed by atoms with Gasteiger partial charge in [0.05, 0.1) is 4.88 Å². The van der Waals surface area contributed by atoms with E-state index in [1.165, 1.54) is 11.3 Å². The van der Waals surface area contributed by atoms with E-state index in [1.807, 2.05) is 11.4 Å². The average Bonchev–Trinajstić information content (AvgIpc) is 2.86. The summed E-state index contributed by atoms with van der Waals surface area (Å²) in [4.78, 5) is 25.5. The van der Waals surface area contributed by atoms with Crippen LogP contribution in [0, 0.1) is 0 Å². The second-order valence-corrected chi connectivity index (χ2v) is 5.04. The quantitative estimate of drug-likeness (QED) is 0.823. The van der Waals surface area contributed by atoms with Gasteiger partial charge in [-0.05, 0) is 17.9 Å². The number of unbranched alkanes of at least 4 members (excludes halogenated alkanes) is 1. The molecule has 0 saturated heterocycles. The zero-order chi connectivity index (χ0) is 13.4. The Morgan fingerprint density at radius 1 is 1.39 bits per heavy atom. The van der Waals surface area contributed by atoms with Gasteiger partial charge < -0.3 is 10.2 Å². The van der Waals surface area contributed by atoms with Gasteiger partial charge in [0.25, 0.3) is 5.91 Å². The molecule has 0 fully saturated rings. The van der Waals surface area contributed by atoms with Crippen molar-refractivity contribution in [2.24, 2.45) is 0 Å². The highest BCUT2D eigenvalue weighted by atomic mass is 32.1. The van der Waals surface area contributed by atoms with E-state index in [4.69, 9.17) is 0 Å². The Bertz CT molecular complexity index is 376. The van der Waals surface area contributed by atoms with E-state index in [2.05, 4.69) is 12.2 Å². The second-order valence-electron chi connectivity index (χ2n) is 4.09. The number of hydrogen-bond acceptors (Lipinski definition) is 3. The first-order valence-electron chi connectivity index (χ1n) is 6.22. The molecule has 4 nitrogen and oxygen atoms in total. The lowest BCUT2D eigenvalue weighted by atomic mass is 10.3. The van der Waals surface area contributed by atoms with Gasteiger partial charge in [-0.15, -0.1) is 11.3 Å². The maximum atomic E-state index is 11.7. The Labute approximate surface area is 112 Å². The number of carbonyl (C=O) groups excluding carboxylic acids is 2. The molecule has 18 heavy (non-hydrogen) atoms. The van der Waals surface area contributed by atoms with Crippen LogP contribution < -0.4 is 5.32 Å². The number of hydrogen-bond donors (Lipinski definition) is 1. The molecule has 0 unspecified atom stereocenters. The number of thiophene rings is 1. The van der Waals surface area contributed by atoms with Gasteiger partial charge in [-0.3, -0.25) is 9.59 Å². The van der Waals surface area contributed by atoms with Gasteiger partial charge in [0.1, 0.15) is 0 Å². The van der Waals surface area contributed by atoms with Gasteiger partial charge in [-0.25, -0.2) is 0 Å². The fourth-order valence-corrected chi connectivity index (χ4v) is 2.22. The van der Waals surface area contributed by atoms with Crippen molar-refractivity contribution < 1.29 is 9.59 Å². The molecule has 1 rings (SSSR count). The third-order valence-corrected chi connectivity index (χ3v) is 3.51. The van der Waals surface area contributed by atoms with E-state index in [9.17, 15) is 9.59 Å². The van der Waals surface area contributed by atoms with Crippen molar-refractivity contribution in [2.45, 2.75) is 26.7 Å². The fourth-order valence-electron chi connectivity index (χ4n) is 1.57. The average molecular weight is 268 g/mol. The smallest absolute Gasteiger partial charge is 0.261 e. The zero-order valence-electron chi connectivity index (χ0n) is 10.9. The molecule has 0 bridgehead atoms. The minimum atomic E-state index is -0.0657. The van der Waals surface area contributed by atoms with Crippen molar-refractivity contribution in [1.82, 2.24) is 10.2 Å². The minimum Gasteiger partial charge on any atom is -0.350 e. The molecule has 1 N–H and O–H groups in total. The largest absolute Gasteiger partial charge is 0.350 e. The summed E-state index contributed by atoms with van der Waals surface area (Å²) >= 11 is 1.42. The molecule has 1 aromatic rings. The Morgan fingerprint density at radius 2 is 2.17 bits per heavy atom. The van der Waals surface area contributed by atoms with Crippen LogP contribution >= 0.6 is 11.3 Å². The Balaban J connectivity index is 2.30. The number of nitrogens with zero attached hydrogens (tertiary/aromatic N) is 1. The van der Waals surface area contributed by atoms with Crippen molar-refractivity contribution in [3.05, 3.63) is 22.4 Å². The molecule has 100 valence electrons.